The van der Waals surface area contributed by atoms with Crippen molar-refractivity contribution in [1.29, 1.82) is 0 Å². The average Bonchev–Trinajstić information content (AvgIpc) is 3.05. The Labute approximate surface area is 112 Å². The fourth-order valence-electron chi connectivity index (χ4n) is 2.78. The van der Waals surface area contributed by atoms with Crippen molar-refractivity contribution >= 4 is 11.9 Å². The third-order valence-corrected chi connectivity index (χ3v) is 4.14. The molecule has 19 heavy (non-hydrogen) atoms. The van der Waals surface area contributed by atoms with Crippen LogP contribution in [0.15, 0.2) is 16.7 Å². The van der Waals surface area contributed by atoms with Crippen molar-refractivity contribution in [1.82, 2.24) is 5.32 Å². The van der Waals surface area contributed by atoms with Gasteiger partial charge >= 0.3 is 5.97 Å². The van der Waals surface area contributed by atoms with Gasteiger partial charge in [0.25, 0.3) is 5.91 Å². The summed E-state index contributed by atoms with van der Waals surface area (Å²) in [5.41, 5.74) is 0.0838. The van der Waals surface area contributed by atoms with E-state index in [0.29, 0.717) is 6.54 Å². The van der Waals surface area contributed by atoms with Gasteiger partial charge in [-0.2, -0.15) is 0 Å². The maximum atomic E-state index is 12.0. The van der Waals surface area contributed by atoms with Crippen LogP contribution in [0.5, 0.6) is 0 Å². The Morgan fingerprint density at radius 1 is 1.42 bits per heavy atom. The molecule has 1 fully saturated rings. The number of hydrogen-bond donors (Lipinski definition) is 2. The smallest absolute Gasteiger partial charge is 0.339 e. The summed E-state index contributed by atoms with van der Waals surface area (Å²) in [6.07, 6.45) is 6.89. The van der Waals surface area contributed by atoms with E-state index in [4.69, 9.17) is 9.52 Å². The minimum Gasteiger partial charge on any atom is -0.478 e. The van der Waals surface area contributed by atoms with Gasteiger partial charge in [-0.1, -0.05) is 19.8 Å². The summed E-state index contributed by atoms with van der Waals surface area (Å²) < 4.78 is 4.98. The van der Waals surface area contributed by atoms with Gasteiger partial charge < -0.3 is 14.8 Å². The van der Waals surface area contributed by atoms with Gasteiger partial charge in [-0.3, -0.25) is 4.79 Å². The van der Waals surface area contributed by atoms with Crippen molar-refractivity contribution < 1.29 is 19.1 Å². The number of hydrogen-bond acceptors (Lipinski definition) is 3. The summed E-state index contributed by atoms with van der Waals surface area (Å²) in [6.45, 7) is 2.72. The van der Waals surface area contributed by atoms with Crippen LogP contribution in [0.2, 0.25) is 0 Å². The van der Waals surface area contributed by atoms with E-state index in [-0.39, 0.29) is 16.7 Å². The molecule has 5 nitrogen and oxygen atoms in total. The van der Waals surface area contributed by atoms with Gasteiger partial charge in [-0.05, 0) is 30.7 Å². The molecule has 1 amide bonds. The number of carbonyl (C=O) groups is 2. The van der Waals surface area contributed by atoms with E-state index in [9.17, 15) is 9.59 Å². The second-order valence-electron chi connectivity index (χ2n) is 5.21. The van der Waals surface area contributed by atoms with Gasteiger partial charge in [0.2, 0.25) is 5.76 Å². The van der Waals surface area contributed by atoms with E-state index >= 15 is 0 Å². The number of carboxylic acids is 1. The molecule has 1 heterocycles. The molecule has 5 heteroatoms. The van der Waals surface area contributed by atoms with E-state index in [1.165, 1.54) is 25.2 Å². The maximum Gasteiger partial charge on any atom is 0.339 e. The minimum atomic E-state index is -1.15. The predicted molar refractivity (Wildman–Crippen MR) is 69.2 cm³/mol. The lowest BCUT2D eigenvalue weighted by Crippen LogP contribution is -2.36. The topological polar surface area (TPSA) is 79.5 Å². The lowest BCUT2D eigenvalue weighted by Gasteiger charge is -2.27. The molecule has 1 aliphatic rings. The summed E-state index contributed by atoms with van der Waals surface area (Å²) >= 11 is 0. The molecule has 0 unspecified atom stereocenters. The molecule has 2 N–H and O–H groups in total. The van der Waals surface area contributed by atoms with Gasteiger partial charge in [0.1, 0.15) is 5.56 Å². The molecule has 0 aliphatic heterocycles. The highest BCUT2D eigenvalue weighted by Gasteiger charge is 2.33. The molecule has 1 saturated carbocycles. The first-order chi connectivity index (χ1) is 9.08. The van der Waals surface area contributed by atoms with Crippen LogP contribution in [0.25, 0.3) is 0 Å². The van der Waals surface area contributed by atoms with Crippen molar-refractivity contribution in [3.8, 4) is 0 Å². The standard InChI is InChI=1S/C14H19NO4/c1-2-14(6-3-4-7-14)9-15-12(16)11-10(13(17)18)5-8-19-11/h5,8H,2-4,6-7,9H2,1H3,(H,15,16)(H,17,18). The Hall–Kier alpha value is -1.78. The molecular formula is C14H19NO4. The number of carboxylic acid groups (broad SMARTS) is 1. The van der Waals surface area contributed by atoms with Gasteiger partial charge in [-0.25, -0.2) is 4.79 Å². The van der Waals surface area contributed by atoms with Crippen LogP contribution in [0.4, 0.5) is 0 Å². The third-order valence-electron chi connectivity index (χ3n) is 4.14. The number of rotatable bonds is 5. The molecule has 2 rings (SSSR count). The number of aromatic carboxylic acids is 1. The number of nitrogens with one attached hydrogen (secondary N) is 1. The first kappa shape index (κ1) is 13.6. The number of furan rings is 1. The van der Waals surface area contributed by atoms with Gasteiger partial charge in [0, 0.05) is 6.54 Å². The van der Waals surface area contributed by atoms with Crippen molar-refractivity contribution in [2.75, 3.05) is 6.54 Å². The lowest BCUT2D eigenvalue weighted by molar-refractivity contribution is 0.0687. The van der Waals surface area contributed by atoms with E-state index in [1.54, 1.807) is 0 Å². The Morgan fingerprint density at radius 3 is 2.68 bits per heavy atom. The fourth-order valence-corrected chi connectivity index (χ4v) is 2.78. The highest BCUT2D eigenvalue weighted by atomic mass is 16.4. The largest absolute Gasteiger partial charge is 0.478 e. The zero-order valence-electron chi connectivity index (χ0n) is 11.1. The molecule has 0 spiro atoms. The summed E-state index contributed by atoms with van der Waals surface area (Å²) in [5, 5.41) is 11.8. The van der Waals surface area contributed by atoms with Crippen LogP contribution in [0, 0.1) is 5.41 Å². The average molecular weight is 265 g/mol. The molecule has 1 aromatic rings. The highest BCUT2D eigenvalue weighted by Crippen LogP contribution is 2.40. The summed E-state index contributed by atoms with van der Waals surface area (Å²) in [4.78, 5) is 22.9. The van der Waals surface area contributed by atoms with Crippen molar-refractivity contribution in [2.24, 2.45) is 5.41 Å². The Morgan fingerprint density at radius 2 is 2.11 bits per heavy atom. The molecule has 0 radical (unpaired) electrons. The third kappa shape index (κ3) is 2.80. The zero-order chi connectivity index (χ0) is 13.9. The van der Waals surface area contributed by atoms with Gasteiger partial charge in [0.15, 0.2) is 0 Å². The van der Waals surface area contributed by atoms with Crippen molar-refractivity contribution in [3.63, 3.8) is 0 Å². The molecule has 0 bridgehead atoms. The lowest BCUT2D eigenvalue weighted by atomic mass is 9.83. The van der Waals surface area contributed by atoms with Crippen molar-refractivity contribution in [2.45, 2.75) is 39.0 Å². The number of amides is 1. The van der Waals surface area contributed by atoms with Gasteiger partial charge in [0.05, 0.1) is 6.26 Å². The number of carbonyl (C=O) groups excluding carboxylic acids is 1. The van der Waals surface area contributed by atoms with Crippen LogP contribution in [-0.2, 0) is 0 Å². The van der Waals surface area contributed by atoms with Crippen LogP contribution in [0.1, 0.15) is 59.9 Å². The molecule has 0 atom stereocenters. The second kappa shape index (κ2) is 5.47. The molecule has 1 aromatic heterocycles. The monoisotopic (exact) mass is 265 g/mol. The fraction of sp³-hybridized carbons (Fsp3) is 0.571. The van der Waals surface area contributed by atoms with Crippen LogP contribution < -0.4 is 5.32 Å². The Kier molecular flexibility index (Phi) is 3.93. The molecule has 0 saturated heterocycles. The predicted octanol–water partition coefficient (Wildman–Crippen LogP) is 2.68. The van der Waals surface area contributed by atoms with E-state index in [2.05, 4.69) is 12.2 Å². The van der Waals surface area contributed by atoms with Crippen LogP contribution >= 0.6 is 0 Å². The zero-order valence-corrected chi connectivity index (χ0v) is 11.1. The Balaban J connectivity index is 2.01. The molecule has 0 aromatic carbocycles. The summed E-state index contributed by atoms with van der Waals surface area (Å²) in [6, 6.07) is 1.29. The van der Waals surface area contributed by atoms with Crippen LogP contribution in [-0.4, -0.2) is 23.5 Å². The van der Waals surface area contributed by atoms with E-state index in [0.717, 1.165) is 19.3 Å². The summed E-state index contributed by atoms with van der Waals surface area (Å²) in [7, 11) is 0. The van der Waals surface area contributed by atoms with Crippen LogP contribution in [0.3, 0.4) is 0 Å². The quantitative estimate of drug-likeness (QED) is 0.857. The highest BCUT2D eigenvalue weighted by molar-refractivity contribution is 6.02. The normalized spacial score (nSPS) is 17.3. The van der Waals surface area contributed by atoms with Gasteiger partial charge in [-0.15, -0.1) is 0 Å². The second-order valence-corrected chi connectivity index (χ2v) is 5.21. The Bertz CT molecular complexity index is 472. The first-order valence-electron chi connectivity index (χ1n) is 6.67. The van der Waals surface area contributed by atoms with E-state index in [1.807, 2.05) is 0 Å². The maximum absolute atomic E-state index is 12.0. The molecular weight excluding hydrogens is 246 g/mol. The summed E-state index contributed by atoms with van der Waals surface area (Å²) in [5.74, 6) is -1.70. The minimum absolute atomic E-state index is 0.0885. The first-order valence-corrected chi connectivity index (χ1v) is 6.67. The van der Waals surface area contributed by atoms with E-state index < -0.39 is 11.9 Å². The molecule has 1 aliphatic carbocycles. The SMILES string of the molecule is CCC1(CNC(=O)c2occc2C(=O)O)CCCC1. The van der Waals surface area contributed by atoms with Crippen molar-refractivity contribution in [3.05, 3.63) is 23.7 Å². The molecule has 104 valence electrons.